The Morgan fingerprint density at radius 2 is 1.94 bits per heavy atom. The molecule has 0 saturated heterocycles. The number of hydrogen-bond donors (Lipinski definition) is 2. The van der Waals surface area contributed by atoms with Gasteiger partial charge in [-0.2, -0.15) is 13.2 Å². The third-order valence-electron chi connectivity index (χ3n) is 5.55. The van der Waals surface area contributed by atoms with Gasteiger partial charge in [0.05, 0.1) is 11.8 Å². The first kappa shape index (κ1) is 21.8. The van der Waals surface area contributed by atoms with Crippen molar-refractivity contribution >= 4 is 34.4 Å². The molecule has 0 spiro atoms. The molecule has 10 heteroatoms. The highest BCUT2D eigenvalue weighted by Crippen LogP contribution is 2.34. The van der Waals surface area contributed by atoms with Gasteiger partial charge < -0.3 is 10.6 Å². The fourth-order valence-electron chi connectivity index (χ4n) is 4.01. The van der Waals surface area contributed by atoms with Crippen LogP contribution in [0, 0.1) is 5.92 Å². The van der Waals surface area contributed by atoms with Gasteiger partial charge in [-0.15, -0.1) is 0 Å². The monoisotopic (exact) mass is 452 g/mol. The predicted molar refractivity (Wildman–Crippen MR) is 115 cm³/mol. The summed E-state index contributed by atoms with van der Waals surface area (Å²) in [5.41, 5.74) is 0.643. The Balaban J connectivity index is 1.68. The molecule has 1 aliphatic carbocycles. The predicted octanol–water partition coefficient (Wildman–Crippen LogP) is 5.19. The number of halogens is 4. The van der Waals surface area contributed by atoms with Gasteiger partial charge in [-0.3, -0.25) is 4.57 Å². The molecule has 4 rings (SSSR count). The molecular formula is C21H24ClF3N6. The van der Waals surface area contributed by atoms with Crippen LogP contribution in [0.25, 0.3) is 11.2 Å². The van der Waals surface area contributed by atoms with E-state index in [0.717, 1.165) is 24.4 Å². The maximum absolute atomic E-state index is 13.2. The molecule has 166 valence electrons. The number of nitrogens with one attached hydrogen (secondary N) is 2. The van der Waals surface area contributed by atoms with Crippen molar-refractivity contribution in [3.8, 4) is 0 Å². The number of hydrogen-bond acceptors (Lipinski definition) is 5. The van der Waals surface area contributed by atoms with Crippen molar-refractivity contribution in [1.29, 1.82) is 0 Å². The SMILES string of the molecule is CNCCn1c(Nc2cc(Cl)cc(C(F)(F)F)c2)nc2cnc(CC3CCCC3)nc21. The van der Waals surface area contributed by atoms with E-state index in [1.54, 1.807) is 6.20 Å². The Morgan fingerprint density at radius 1 is 1.16 bits per heavy atom. The second kappa shape index (κ2) is 9.00. The van der Waals surface area contributed by atoms with E-state index in [4.69, 9.17) is 16.6 Å². The molecule has 0 aliphatic heterocycles. The van der Waals surface area contributed by atoms with Crippen molar-refractivity contribution < 1.29 is 13.2 Å². The van der Waals surface area contributed by atoms with Crippen LogP contribution in [0.1, 0.15) is 37.1 Å². The van der Waals surface area contributed by atoms with Gasteiger partial charge in [-0.25, -0.2) is 15.0 Å². The number of nitrogens with zero attached hydrogens (tertiary/aromatic N) is 4. The number of aromatic nitrogens is 4. The first-order chi connectivity index (χ1) is 14.8. The van der Waals surface area contributed by atoms with Gasteiger partial charge in [0.15, 0.2) is 5.65 Å². The molecule has 3 aromatic rings. The van der Waals surface area contributed by atoms with Crippen LogP contribution in [0.5, 0.6) is 0 Å². The Labute approximate surface area is 183 Å². The number of alkyl halides is 3. The molecule has 1 aromatic carbocycles. The highest BCUT2D eigenvalue weighted by atomic mass is 35.5. The van der Waals surface area contributed by atoms with Crippen molar-refractivity contribution in [3.05, 3.63) is 40.8 Å². The van der Waals surface area contributed by atoms with Gasteiger partial charge in [0, 0.05) is 30.2 Å². The maximum atomic E-state index is 13.2. The Kier molecular flexibility index (Phi) is 6.34. The Hall–Kier alpha value is -2.39. The summed E-state index contributed by atoms with van der Waals surface area (Å²) in [7, 11) is 1.83. The van der Waals surface area contributed by atoms with Gasteiger partial charge in [0.2, 0.25) is 5.95 Å². The van der Waals surface area contributed by atoms with Crippen molar-refractivity contribution in [2.24, 2.45) is 5.92 Å². The standard InChI is InChI=1S/C21H24ClF3N6/c1-26-6-7-31-19-17(12-27-18(30-19)8-13-4-2-3-5-13)29-20(31)28-16-10-14(21(23,24)25)9-15(22)11-16/h9-13,26H,2-8H2,1H3,(H,28,29). The molecule has 0 unspecified atom stereocenters. The summed E-state index contributed by atoms with van der Waals surface area (Å²) in [6, 6.07) is 3.36. The minimum atomic E-state index is -4.49. The van der Waals surface area contributed by atoms with Crippen molar-refractivity contribution in [2.45, 2.75) is 44.8 Å². The Morgan fingerprint density at radius 3 is 2.65 bits per heavy atom. The van der Waals surface area contributed by atoms with E-state index >= 15 is 0 Å². The number of fused-ring (bicyclic) bond motifs is 1. The number of anilines is 2. The van der Waals surface area contributed by atoms with Crippen molar-refractivity contribution in [1.82, 2.24) is 24.8 Å². The van der Waals surface area contributed by atoms with Crippen LogP contribution < -0.4 is 10.6 Å². The molecule has 1 fully saturated rings. The van der Waals surface area contributed by atoms with E-state index in [1.807, 2.05) is 11.6 Å². The van der Waals surface area contributed by atoms with E-state index in [9.17, 15) is 13.2 Å². The lowest BCUT2D eigenvalue weighted by molar-refractivity contribution is -0.137. The van der Waals surface area contributed by atoms with E-state index in [2.05, 4.69) is 20.6 Å². The van der Waals surface area contributed by atoms with Crippen LogP contribution in [0.15, 0.2) is 24.4 Å². The largest absolute Gasteiger partial charge is 0.416 e. The summed E-state index contributed by atoms with van der Waals surface area (Å²) in [5.74, 6) is 1.78. The third-order valence-corrected chi connectivity index (χ3v) is 5.77. The molecule has 2 heterocycles. The molecule has 1 saturated carbocycles. The molecule has 2 aromatic heterocycles. The minimum absolute atomic E-state index is 0.00569. The number of imidazole rings is 1. The smallest absolute Gasteiger partial charge is 0.325 e. The van der Waals surface area contributed by atoms with Crippen LogP contribution in [0.3, 0.4) is 0 Å². The zero-order valence-corrected chi connectivity index (χ0v) is 17.9. The lowest BCUT2D eigenvalue weighted by atomic mass is 10.0. The maximum Gasteiger partial charge on any atom is 0.416 e. The molecule has 0 atom stereocenters. The molecule has 1 aliphatic rings. The number of rotatable bonds is 7. The molecule has 31 heavy (non-hydrogen) atoms. The highest BCUT2D eigenvalue weighted by molar-refractivity contribution is 6.31. The van der Waals surface area contributed by atoms with E-state index in [-0.39, 0.29) is 10.7 Å². The van der Waals surface area contributed by atoms with E-state index in [0.29, 0.717) is 36.1 Å². The molecule has 2 N–H and O–H groups in total. The fraction of sp³-hybridized carbons (Fsp3) is 0.476. The quantitative estimate of drug-likeness (QED) is 0.516. The zero-order valence-electron chi connectivity index (χ0n) is 17.1. The zero-order chi connectivity index (χ0) is 22.0. The molecule has 0 radical (unpaired) electrons. The first-order valence-electron chi connectivity index (χ1n) is 10.3. The highest BCUT2D eigenvalue weighted by Gasteiger charge is 2.31. The molecular weight excluding hydrogens is 429 g/mol. The molecule has 0 bridgehead atoms. The van der Waals surface area contributed by atoms with Gasteiger partial charge in [-0.1, -0.05) is 37.3 Å². The number of likely N-dealkylation sites (N-methyl/N-ethyl adjacent to an activating group) is 1. The minimum Gasteiger partial charge on any atom is -0.325 e. The average molecular weight is 453 g/mol. The number of benzene rings is 1. The van der Waals surface area contributed by atoms with Crippen LogP contribution >= 0.6 is 11.6 Å². The Bertz CT molecular complexity index is 1060. The van der Waals surface area contributed by atoms with Gasteiger partial charge in [0.1, 0.15) is 11.3 Å². The molecule has 6 nitrogen and oxygen atoms in total. The van der Waals surface area contributed by atoms with Crippen LogP contribution in [0.4, 0.5) is 24.8 Å². The van der Waals surface area contributed by atoms with Crippen LogP contribution in [-0.4, -0.2) is 33.1 Å². The summed E-state index contributed by atoms with van der Waals surface area (Å²) in [6.45, 7) is 1.19. The fourth-order valence-corrected chi connectivity index (χ4v) is 4.25. The lowest BCUT2D eigenvalue weighted by Crippen LogP contribution is -2.17. The summed E-state index contributed by atoms with van der Waals surface area (Å²) in [6.07, 6.45) is 2.93. The lowest BCUT2D eigenvalue weighted by Gasteiger charge is -2.13. The second-order valence-corrected chi connectivity index (χ2v) is 8.33. The summed E-state index contributed by atoms with van der Waals surface area (Å²) in [5, 5.41) is 6.07. The van der Waals surface area contributed by atoms with Gasteiger partial charge >= 0.3 is 6.18 Å². The van der Waals surface area contributed by atoms with E-state index < -0.39 is 11.7 Å². The normalized spacial score (nSPS) is 15.1. The first-order valence-corrected chi connectivity index (χ1v) is 10.7. The summed E-state index contributed by atoms with van der Waals surface area (Å²) >= 11 is 5.93. The van der Waals surface area contributed by atoms with Crippen LogP contribution in [0.2, 0.25) is 5.02 Å². The topological polar surface area (TPSA) is 67.7 Å². The second-order valence-electron chi connectivity index (χ2n) is 7.89. The molecule has 0 amide bonds. The van der Waals surface area contributed by atoms with Crippen molar-refractivity contribution in [2.75, 3.05) is 18.9 Å². The van der Waals surface area contributed by atoms with Gasteiger partial charge in [-0.05, 0) is 31.2 Å². The van der Waals surface area contributed by atoms with E-state index in [1.165, 1.54) is 31.7 Å². The van der Waals surface area contributed by atoms with Crippen LogP contribution in [-0.2, 0) is 19.1 Å². The summed E-state index contributed by atoms with van der Waals surface area (Å²) in [4.78, 5) is 13.7. The summed E-state index contributed by atoms with van der Waals surface area (Å²) < 4.78 is 41.4. The van der Waals surface area contributed by atoms with Crippen molar-refractivity contribution in [3.63, 3.8) is 0 Å². The van der Waals surface area contributed by atoms with Gasteiger partial charge in [0.25, 0.3) is 0 Å². The average Bonchev–Trinajstić information content (AvgIpc) is 3.33. The third kappa shape index (κ3) is 5.10.